The van der Waals surface area contributed by atoms with Crippen molar-refractivity contribution < 1.29 is 23.9 Å². The van der Waals surface area contributed by atoms with Gasteiger partial charge in [-0.2, -0.15) is 0 Å². The van der Waals surface area contributed by atoms with Crippen molar-refractivity contribution >= 4 is 29.4 Å². The van der Waals surface area contributed by atoms with Gasteiger partial charge in [0, 0.05) is 5.69 Å². The molecule has 5 atom stereocenters. The first kappa shape index (κ1) is 19.4. The van der Waals surface area contributed by atoms with Gasteiger partial charge in [-0.1, -0.05) is 24.3 Å². The van der Waals surface area contributed by atoms with Crippen LogP contribution >= 0.6 is 0 Å². The number of benzene rings is 1. The molecule has 1 saturated carbocycles. The van der Waals surface area contributed by atoms with Gasteiger partial charge >= 0.3 is 5.97 Å². The summed E-state index contributed by atoms with van der Waals surface area (Å²) in [5, 5.41) is 2.71. The number of nitrogens with one attached hydrogen (secondary N) is 1. The Hall–Kier alpha value is -2.96. The van der Waals surface area contributed by atoms with E-state index in [0.717, 1.165) is 22.4 Å². The highest BCUT2D eigenvalue weighted by atomic mass is 16.5. The van der Waals surface area contributed by atoms with Gasteiger partial charge in [0.2, 0.25) is 11.8 Å². The number of fused-ring (bicyclic) bond motifs is 5. The molecule has 0 spiro atoms. The molecule has 29 heavy (non-hydrogen) atoms. The van der Waals surface area contributed by atoms with Crippen molar-refractivity contribution in [3.8, 4) is 0 Å². The Balaban J connectivity index is 1.35. The van der Waals surface area contributed by atoms with Crippen LogP contribution in [0.5, 0.6) is 0 Å². The maximum atomic E-state index is 12.8. The van der Waals surface area contributed by atoms with Gasteiger partial charge in [-0.25, -0.2) is 4.79 Å². The Bertz CT molecular complexity index is 907. The third-order valence-electron chi connectivity index (χ3n) is 6.46. The lowest BCUT2D eigenvalue weighted by Gasteiger charge is -2.23. The molecule has 3 amide bonds. The lowest BCUT2D eigenvalue weighted by atomic mass is 9.85. The number of nitrogens with zero attached hydrogens (tertiary/aromatic N) is 1. The average Bonchev–Trinajstić information content (AvgIpc) is 3.37. The fourth-order valence-electron chi connectivity index (χ4n) is 4.74. The molecule has 3 aliphatic rings. The van der Waals surface area contributed by atoms with Gasteiger partial charge in [0.25, 0.3) is 5.91 Å². The number of carbonyl (C=O) groups excluding carboxylic acids is 4. The zero-order valence-electron chi connectivity index (χ0n) is 16.7. The fourth-order valence-corrected chi connectivity index (χ4v) is 4.74. The molecule has 1 aromatic rings. The molecular formula is C22H24N2O5. The molecule has 152 valence electrons. The van der Waals surface area contributed by atoms with E-state index in [1.165, 1.54) is 6.92 Å². The number of amides is 3. The maximum Gasteiger partial charge on any atom is 0.329 e. The minimum absolute atomic E-state index is 0.0815. The van der Waals surface area contributed by atoms with E-state index in [2.05, 4.69) is 5.32 Å². The molecule has 0 unspecified atom stereocenters. The summed E-state index contributed by atoms with van der Waals surface area (Å²) in [6.45, 7) is 4.82. The molecule has 0 aromatic heterocycles. The summed E-state index contributed by atoms with van der Waals surface area (Å²) in [7, 11) is 0. The van der Waals surface area contributed by atoms with Crippen LogP contribution in [0.4, 0.5) is 5.69 Å². The summed E-state index contributed by atoms with van der Waals surface area (Å²) in [6, 6.07) is 4.49. The summed E-state index contributed by atoms with van der Waals surface area (Å²) >= 11 is 0. The van der Waals surface area contributed by atoms with Crippen LogP contribution in [0.2, 0.25) is 0 Å². The Morgan fingerprint density at radius 2 is 1.76 bits per heavy atom. The number of hydrogen-bond acceptors (Lipinski definition) is 5. The van der Waals surface area contributed by atoms with Crippen LogP contribution in [0.1, 0.15) is 24.5 Å². The van der Waals surface area contributed by atoms with Crippen LogP contribution in [0.3, 0.4) is 0 Å². The molecule has 1 aromatic carbocycles. The van der Waals surface area contributed by atoms with Crippen molar-refractivity contribution in [2.24, 2.45) is 23.7 Å². The quantitative estimate of drug-likeness (QED) is 0.467. The number of allylic oxidation sites excluding steroid dienone is 2. The topological polar surface area (TPSA) is 92.8 Å². The van der Waals surface area contributed by atoms with E-state index >= 15 is 0 Å². The Morgan fingerprint density at radius 1 is 1.14 bits per heavy atom. The summed E-state index contributed by atoms with van der Waals surface area (Å²) in [5.74, 6) is -2.40. The van der Waals surface area contributed by atoms with Gasteiger partial charge in [0.05, 0.1) is 11.8 Å². The molecule has 2 bridgehead atoms. The van der Waals surface area contributed by atoms with E-state index < -0.39 is 24.5 Å². The largest absolute Gasteiger partial charge is 0.454 e. The molecule has 7 heteroatoms. The van der Waals surface area contributed by atoms with Gasteiger partial charge in [-0.15, -0.1) is 0 Å². The number of anilines is 1. The van der Waals surface area contributed by atoms with E-state index in [1.54, 1.807) is 6.07 Å². The normalized spacial score (nSPS) is 27.9. The standard InChI is InChI=1S/C22H24N2O5/c1-11-5-4-6-16(12(11)2)23-17(25)10-29-22(28)13(3)24-20(26)18-14-7-8-15(9-14)19(18)21(24)27/h4-8,13-15,18-19H,9-10H2,1-3H3,(H,23,25)/t13-,14-,15-,18-,19+/m0/s1. The van der Waals surface area contributed by atoms with Crippen LogP contribution in [-0.4, -0.2) is 41.2 Å². The van der Waals surface area contributed by atoms with E-state index in [4.69, 9.17) is 4.74 Å². The molecule has 4 rings (SSSR count). The minimum atomic E-state index is -1.05. The van der Waals surface area contributed by atoms with Crippen molar-refractivity contribution in [3.63, 3.8) is 0 Å². The van der Waals surface area contributed by atoms with E-state index in [1.807, 2.05) is 38.1 Å². The molecule has 1 aliphatic heterocycles. The molecule has 1 saturated heterocycles. The Labute approximate surface area is 169 Å². The second kappa shape index (κ2) is 7.13. The Morgan fingerprint density at radius 3 is 2.38 bits per heavy atom. The number of esters is 1. The zero-order valence-corrected chi connectivity index (χ0v) is 16.7. The monoisotopic (exact) mass is 396 g/mol. The molecule has 0 radical (unpaired) electrons. The van der Waals surface area contributed by atoms with Gasteiger partial charge in [0.1, 0.15) is 6.04 Å². The summed E-state index contributed by atoms with van der Waals surface area (Å²) < 4.78 is 5.10. The lowest BCUT2D eigenvalue weighted by Crippen LogP contribution is -2.45. The molecular weight excluding hydrogens is 372 g/mol. The smallest absolute Gasteiger partial charge is 0.329 e. The third kappa shape index (κ3) is 3.14. The number of aryl methyl sites for hydroxylation is 1. The van der Waals surface area contributed by atoms with Crippen molar-refractivity contribution in [3.05, 3.63) is 41.5 Å². The van der Waals surface area contributed by atoms with Crippen LogP contribution in [0.25, 0.3) is 0 Å². The Kier molecular flexibility index (Phi) is 4.76. The van der Waals surface area contributed by atoms with E-state index in [0.29, 0.717) is 5.69 Å². The van der Waals surface area contributed by atoms with Gasteiger partial charge < -0.3 is 10.1 Å². The van der Waals surface area contributed by atoms with E-state index in [9.17, 15) is 19.2 Å². The van der Waals surface area contributed by atoms with Crippen molar-refractivity contribution in [2.45, 2.75) is 33.2 Å². The molecule has 1 heterocycles. The highest BCUT2D eigenvalue weighted by Gasteiger charge is 2.60. The summed E-state index contributed by atoms with van der Waals surface area (Å²) in [4.78, 5) is 51.2. The summed E-state index contributed by atoms with van der Waals surface area (Å²) in [5.41, 5.74) is 2.62. The predicted octanol–water partition coefficient (Wildman–Crippen LogP) is 1.98. The fraction of sp³-hybridized carbons (Fsp3) is 0.455. The predicted molar refractivity (Wildman–Crippen MR) is 105 cm³/mol. The van der Waals surface area contributed by atoms with Crippen LogP contribution < -0.4 is 5.32 Å². The summed E-state index contributed by atoms with van der Waals surface area (Å²) in [6.07, 6.45) is 4.83. The third-order valence-corrected chi connectivity index (χ3v) is 6.46. The first-order valence-corrected chi connectivity index (χ1v) is 9.87. The van der Waals surface area contributed by atoms with Crippen molar-refractivity contribution in [1.82, 2.24) is 4.90 Å². The van der Waals surface area contributed by atoms with Crippen LogP contribution in [-0.2, 0) is 23.9 Å². The van der Waals surface area contributed by atoms with Gasteiger partial charge in [-0.05, 0) is 56.2 Å². The maximum absolute atomic E-state index is 12.8. The van der Waals surface area contributed by atoms with Crippen LogP contribution in [0, 0.1) is 37.5 Å². The van der Waals surface area contributed by atoms with E-state index in [-0.39, 0.29) is 35.5 Å². The number of rotatable bonds is 5. The molecule has 2 aliphatic carbocycles. The number of likely N-dealkylation sites (tertiary alicyclic amines) is 1. The minimum Gasteiger partial charge on any atom is -0.454 e. The molecule has 2 fully saturated rings. The number of carbonyl (C=O) groups is 4. The van der Waals surface area contributed by atoms with Crippen molar-refractivity contribution in [1.29, 1.82) is 0 Å². The second-order valence-electron chi connectivity index (χ2n) is 8.13. The number of imide groups is 1. The molecule has 7 nitrogen and oxygen atoms in total. The first-order chi connectivity index (χ1) is 13.8. The number of hydrogen-bond donors (Lipinski definition) is 1. The lowest BCUT2D eigenvalue weighted by molar-refractivity contribution is -0.159. The molecule has 1 N–H and O–H groups in total. The second-order valence-corrected chi connectivity index (χ2v) is 8.13. The highest BCUT2D eigenvalue weighted by molar-refractivity contribution is 6.09. The average molecular weight is 396 g/mol. The van der Waals surface area contributed by atoms with Gasteiger partial charge in [-0.3, -0.25) is 19.3 Å². The van der Waals surface area contributed by atoms with Crippen LogP contribution in [0.15, 0.2) is 30.4 Å². The SMILES string of the molecule is Cc1cccc(NC(=O)COC(=O)[C@H](C)N2C(=O)[C@@H]3[C@H](C2=O)[C@H]2C=C[C@H]3C2)c1C. The zero-order chi connectivity index (χ0) is 20.9. The first-order valence-electron chi connectivity index (χ1n) is 9.87. The van der Waals surface area contributed by atoms with Crippen molar-refractivity contribution in [2.75, 3.05) is 11.9 Å². The van der Waals surface area contributed by atoms with Gasteiger partial charge in [0.15, 0.2) is 6.61 Å². The number of ether oxygens (including phenoxy) is 1. The highest BCUT2D eigenvalue weighted by Crippen LogP contribution is 2.52.